The molecule has 0 saturated carbocycles. The Labute approximate surface area is 195 Å². The predicted octanol–water partition coefficient (Wildman–Crippen LogP) is 3.45. The van der Waals surface area contributed by atoms with Gasteiger partial charge in [-0.25, -0.2) is 9.78 Å². The van der Waals surface area contributed by atoms with Crippen molar-refractivity contribution in [1.29, 1.82) is 5.26 Å². The molecule has 1 unspecified atom stereocenters. The number of piperidine rings is 1. The molecule has 8 nitrogen and oxygen atoms in total. The molecule has 0 radical (unpaired) electrons. The van der Waals surface area contributed by atoms with Gasteiger partial charge in [0.15, 0.2) is 0 Å². The minimum absolute atomic E-state index is 0.0569. The lowest BCUT2D eigenvalue weighted by Crippen LogP contribution is -2.47. The van der Waals surface area contributed by atoms with Crippen LogP contribution in [0.15, 0.2) is 36.8 Å². The van der Waals surface area contributed by atoms with Crippen LogP contribution in [0.1, 0.15) is 50.4 Å². The van der Waals surface area contributed by atoms with Crippen LogP contribution in [0.5, 0.6) is 0 Å². The van der Waals surface area contributed by atoms with Gasteiger partial charge in [0.2, 0.25) is 5.91 Å². The van der Waals surface area contributed by atoms with E-state index in [1.54, 1.807) is 16.1 Å². The summed E-state index contributed by atoms with van der Waals surface area (Å²) < 4.78 is 7.53. The number of ether oxygens (including phenoxy) is 1. The standard InChI is InChI=1S/C25H33N5O3/c1-25(2,3)33-24(32)29-12-5-6-21(17-29)23(31)28(4)13-11-22-15-27-18-30(22)16-20-9-7-19(14-26)8-10-20/h7-10,15,18,21H,5-6,11-13,16-17H2,1-4H3. The van der Waals surface area contributed by atoms with E-state index in [1.165, 1.54) is 0 Å². The highest BCUT2D eigenvalue weighted by Crippen LogP contribution is 2.21. The quantitative estimate of drug-likeness (QED) is 0.671. The number of nitriles is 1. The molecule has 1 aliphatic heterocycles. The summed E-state index contributed by atoms with van der Waals surface area (Å²) in [5.41, 5.74) is 2.21. The first-order valence-electron chi connectivity index (χ1n) is 11.4. The van der Waals surface area contributed by atoms with Gasteiger partial charge in [0.25, 0.3) is 0 Å². The molecule has 1 fully saturated rings. The van der Waals surface area contributed by atoms with Gasteiger partial charge >= 0.3 is 6.09 Å². The molecule has 0 bridgehead atoms. The van der Waals surface area contributed by atoms with E-state index >= 15 is 0 Å². The summed E-state index contributed by atoms with van der Waals surface area (Å²) in [5.74, 6) is -0.152. The zero-order valence-electron chi connectivity index (χ0n) is 20.0. The molecule has 2 amide bonds. The molecular formula is C25H33N5O3. The van der Waals surface area contributed by atoms with Crippen LogP contribution in [0.2, 0.25) is 0 Å². The fraction of sp³-hybridized carbons (Fsp3) is 0.520. The third-order valence-corrected chi connectivity index (χ3v) is 5.74. The Kier molecular flexibility index (Phi) is 7.75. The molecule has 176 valence electrons. The first kappa shape index (κ1) is 24.3. The van der Waals surface area contributed by atoms with E-state index < -0.39 is 5.60 Å². The molecule has 1 saturated heterocycles. The molecule has 2 heterocycles. The van der Waals surface area contributed by atoms with Gasteiger partial charge < -0.3 is 19.1 Å². The molecule has 8 heteroatoms. The largest absolute Gasteiger partial charge is 0.444 e. The summed E-state index contributed by atoms with van der Waals surface area (Å²) in [5, 5.41) is 8.95. The van der Waals surface area contributed by atoms with E-state index in [0.717, 1.165) is 24.1 Å². The van der Waals surface area contributed by atoms with Crippen molar-refractivity contribution in [2.45, 2.75) is 52.2 Å². The lowest BCUT2D eigenvalue weighted by atomic mass is 9.97. The lowest BCUT2D eigenvalue weighted by Gasteiger charge is -2.35. The van der Waals surface area contributed by atoms with Crippen LogP contribution in [0, 0.1) is 17.2 Å². The molecule has 1 aromatic heterocycles. The summed E-state index contributed by atoms with van der Waals surface area (Å²) in [4.78, 5) is 33.1. The number of carbonyl (C=O) groups excluding carboxylic acids is 2. The monoisotopic (exact) mass is 451 g/mol. The van der Waals surface area contributed by atoms with Crippen LogP contribution in [-0.2, 0) is 22.5 Å². The normalized spacial score (nSPS) is 16.2. The fourth-order valence-corrected chi connectivity index (χ4v) is 3.96. The molecule has 33 heavy (non-hydrogen) atoms. The summed E-state index contributed by atoms with van der Waals surface area (Å²) in [6, 6.07) is 9.63. The zero-order valence-corrected chi connectivity index (χ0v) is 20.0. The summed E-state index contributed by atoms with van der Waals surface area (Å²) in [7, 11) is 1.82. The second-order valence-electron chi connectivity index (χ2n) is 9.60. The number of benzene rings is 1. The highest BCUT2D eigenvalue weighted by molar-refractivity contribution is 5.80. The number of likely N-dealkylation sites (tertiary alicyclic amines) is 1. The Balaban J connectivity index is 1.54. The molecule has 2 aromatic rings. The maximum atomic E-state index is 13.0. The fourth-order valence-electron chi connectivity index (χ4n) is 3.96. The number of hydrogen-bond acceptors (Lipinski definition) is 5. The van der Waals surface area contributed by atoms with E-state index in [1.807, 2.05) is 58.3 Å². The maximum absolute atomic E-state index is 13.0. The second kappa shape index (κ2) is 10.5. The number of carbonyl (C=O) groups is 2. The van der Waals surface area contributed by atoms with Crippen LogP contribution >= 0.6 is 0 Å². The Morgan fingerprint density at radius 2 is 2.00 bits per heavy atom. The van der Waals surface area contributed by atoms with E-state index in [2.05, 4.69) is 15.6 Å². The Morgan fingerprint density at radius 1 is 1.27 bits per heavy atom. The number of amides is 2. The number of likely N-dealkylation sites (N-methyl/N-ethyl adjacent to an activating group) is 1. The Bertz CT molecular complexity index is 1000. The van der Waals surface area contributed by atoms with Gasteiger partial charge in [0.05, 0.1) is 23.9 Å². The Hall–Kier alpha value is -3.34. The number of imidazole rings is 1. The topological polar surface area (TPSA) is 91.5 Å². The zero-order chi connectivity index (χ0) is 24.0. The van der Waals surface area contributed by atoms with Crippen molar-refractivity contribution in [3.63, 3.8) is 0 Å². The number of nitrogens with zero attached hydrogens (tertiary/aromatic N) is 5. The van der Waals surface area contributed by atoms with Crippen LogP contribution in [0.25, 0.3) is 0 Å². The van der Waals surface area contributed by atoms with Gasteiger partial charge in [-0.3, -0.25) is 4.79 Å². The third-order valence-electron chi connectivity index (χ3n) is 5.74. The van der Waals surface area contributed by atoms with Crippen molar-refractivity contribution in [2.24, 2.45) is 5.92 Å². The second-order valence-corrected chi connectivity index (χ2v) is 9.60. The van der Waals surface area contributed by atoms with Crippen molar-refractivity contribution in [3.8, 4) is 6.07 Å². The van der Waals surface area contributed by atoms with E-state index in [9.17, 15) is 9.59 Å². The minimum Gasteiger partial charge on any atom is -0.444 e. The van der Waals surface area contributed by atoms with Gasteiger partial charge in [-0.1, -0.05) is 12.1 Å². The number of aromatic nitrogens is 2. The highest BCUT2D eigenvalue weighted by Gasteiger charge is 2.32. The first-order chi connectivity index (χ1) is 15.7. The Morgan fingerprint density at radius 3 is 2.67 bits per heavy atom. The SMILES string of the molecule is CN(CCc1cncn1Cc1ccc(C#N)cc1)C(=O)C1CCCN(C(=O)OC(C)(C)C)C1. The summed E-state index contributed by atoms with van der Waals surface area (Å²) in [6.45, 7) is 7.78. The van der Waals surface area contributed by atoms with Gasteiger partial charge in [0, 0.05) is 51.5 Å². The first-order valence-corrected chi connectivity index (χ1v) is 11.4. The molecule has 0 spiro atoms. The van der Waals surface area contributed by atoms with Gasteiger partial charge in [0.1, 0.15) is 5.60 Å². The van der Waals surface area contributed by atoms with Crippen molar-refractivity contribution >= 4 is 12.0 Å². The van der Waals surface area contributed by atoms with Crippen LogP contribution in [-0.4, -0.2) is 63.6 Å². The van der Waals surface area contributed by atoms with Crippen LogP contribution in [0.4, 0.5) is 4.79 Å². The molecule has 0 N–H and O–H groups in total. The van der Waals surface area contributed by atoms with E-state index in [0.29, 0.717) is 38.2 Å². The van der Waals surface area contributed by atoms with Crippen molar-refractivity contribution in [3.05, 3.63) is 53.6 Å². The van der Waals surface area contributed by atoms with Gasteiger partial charge in [-0.15, -0.1) is 0 Å². The predicted molar refractivity (Wildman–Crippen MR) is 124 cm³/mol. The molecule has 3 rings (SSSR count). The average molecular weight is 452 g/mol. The molecular weight excluding hydrogens is 418 g/mol. The maximum Gasteiger partial charge on any atom is 0.410 e. The minimum atomic E-state index is -0.550. The molecule has 1 aliphatic rings. The van der Waals surface area contributed by atoms with Gasteiger partial charge in [-0.2, -0.15) is 5.26 Å². The summed E-state index contributed by atoms with van der Waals surface area (Å²) >= 11 is 0. The van der Waals surface area contributed by atoms with Crippen LogP contribution in [0.3, 0.4) is 0 Å². The van der Waals surface area contributed by atoms with Crippen molar-refractivity contribution in [2.75, 3.05) is 26.7 Å². The van der Waals surface area contributed by atoms with E-state index in [-0.39, 0.29) is 17.9 Å². The lowest BCUT2D eigenvalue weighted by molar-refractivity contribution is -0.135. The molecule has 1 atom stereocenters. The molecule has 0 aliphatic carbocycles. The third kappa shape index (κ3) is 6.82. The van der Waals surface area contributed by atoms with Crippen molar-refractivity contribution < 1.29 is 14.3 Å². The highest BCUT2D eigenvalue weighted by atomic mass is 16.6. The van der Waals surface area contributed by atoms with Crippen LogP contribution < -0.4 is 0 Å². The number of rotatable bonds is 6. The smallest absolute Gasteiger partial charge is 0.410 e. The summed E-state index contributed by atoms with van der Waals surface area (Å²) in [6.07, 6.45) is 5.51. The van der Waals surface area contributed by atoms with Crippen molar-refractivity contribution in [1.82, 2.24) is 19.4 Å². The van der Waals surface area contributed by atoms with E-state index in [4.69, 9.17) is 10.00 Å². The molecule has 1 aromatic carbocycles. The van der Waals surface area contributed by atoms with Gasteiger partial charge in [-0.05, 0) is 51.3 Å². The number of hydrogen-bond donors (Lipinski definition) is 0. The average Bonchev–Trinajstić information content (AvgIpc) is 3.23.